The topological polar surface area (TPSA) is 118 Å². The van der Waals surface area contributed by atoms with Crippen LogP contribution >= 0.6 is 22.9 Å². The van der Waals surface area contributed by atoms with E-state index >= 15 is 0 Å². The standard InChI is InChI=1S/C29H31ClN2O7S/c1-29(2,16-33)15-32-21-10-8-17(30)12-20(21)26(19-6-5-7-22(37-3)27(19)38-4)39-23(28(32)36)13-24-31-14-18(40-24)9-11-25(34)35/h5-12,14,23,26,33H,13,15-16H2,1-4H3,(H,34,35)/t23-,26-/m1/s1. The number of methoxy groups -OCH3 is 2. The van der Waals surface area contributed by atoms with E-state index in [0.29, 0.717) is 43.2 Å². The number of ether oxygens (including phenoxy) is 3. The fourth-order valence-electron chi connectivity index (χ4n) is 4.51. The zero-order chi connectivity index (χ0) is 29.0. The molecule has 2 aromatic carbocycles. The number of thiazole rings is 1. The number of nitrogens with zero attached hydrogens (tertiary/aromatic N) is 2. The molecule has 0 aliphatic carbocycles. The number of carboxylic acid groups (broad SMARTS) is 1. The number of halogens is 1. The molecule has 40 heavy (non-hydrogen) atoms. The molecule has 0 saturated carbocycles. The molecular weight excluding hydrogens is 556 g/mol. The first-order valence-electron chi connectivity index (χ1n) is 12.5. The number of aliphatic hydroxyl groups is 1. The molecule has 4 rings (SSSR count). The molecule has 0 spiro atoms. The van der Waals surface area contributed by atoms with E-state index in [1.165, 1.54) is 24.5 Å². The number of rotatable bonds is 10. The zero-order valence-electron chi connectivity index (χ0n) is 22.6. The van der Waals surface area contributed by atoms with Gasteiger partial charge in [0.15, 0.2) is 11.5 Å². The Morgan fingerprint density at radius 1 is 1.23 bits per heavy atom. The van der Waals surface area contributed by atoms with Gasteiger partial charge in [-0.3, -0.25) is 4.79 Å². The summed E-state index contributed by atoms with van der Waals surface area (Å²) in [5.41, 5.74) is 1.31. The molecule has 212 valence electrons. The fraction of sp³-hybridized carbons (Fsp3) is 0.345. The summed E-state index contributed by atoms with van der Waals surface area (Å²) in [7, 11) is 3.08. The Kier molecular flexibility index (Phi) is 9.15. The van der Waals surface area contributed by atoms with Crippen molar-refractivity contribution in [2.45, 2.75) is 32.5 Å². The minimum absolute atomic E-state index is 0.135. The Bertz CT molecular complexity index is 1420. The third kappa shape index (κ3) is 6.47. The number of aromatic nitrogens is 1. The number of carbonyl (C=O) groups is 2. The average molecular weight is 587 g/mol. The van der Waals surface area contributed by atoms with Crippen LogP contribution in [0.2, 0.25) is 5.02 Å². The Labute approximate surface area is 241 Å². The molecule has 0 saturated heterocycles. The van der Waals surface area contributed by atoms with Crippen molar-refractivity contribution in [2.75, 3.05) is 32.3 Å². The number of carbonyl (C=O) groups excluding carboxylic acids is 1. The number of aliphatic carboxylic acids is 1. The number of anilines is 1. The van der Waals surface area contributed by atoms with Crippen LogP contribution in [0.1, 0.15) is 41.0 Å². The Balaban J connectivity index is 1.86. The van der Waals surface area contributed by atoms with Gasteiger partial charge in [0.25, 0.3) is 5.91 Å². The van der Waals surface area contributed by atoms with E-state index in [4.69, 9.17) is 30.9 Å². The highest BCUT2D eigenvalue weighted by Gasteiger charge is 2.40. The van der Waals surface area contributed by atoms with Gasteiger partial charge >= 0.3 is 5.97 Å². The van der Waals surface area contributed by atoms with Crippen LogP contribution < -0.4 is 14.4 Å². The van der Waals surface area contributed by atoms with Gasteiger partial charge in [-0.25, -0.2) is 9.78 Å². The van der Waals surface area contributed by atoms with Crippen molar-refractivity contribution in [1.82, 2.24) is 4.98 Å². The highest BCUT2D eigenvalue weighted by molar-refractivity contribution is 7.12. The summed E-state index contributed by atoms with van der Waals surface area (Å²) in [6, 6.07) is 10.7. The summed E-state index contributed by atoms with van der Waals surface area (Å²) < 4.78 is 17.9. The molecule has 0 bridgehead atoms. The molecule has 3 aromatic rings. The first-order valence-corrected chi connectivity index (χ1v) is 13.7. The van der Waals surface area contributed by atoms with Crippen LogP contribution in [-0.2, 0) is 20.7 Å². The van der Waals surface area contributed by atoms with Crippen molar-refractivity contribution < 1.29 is 34.0 Å². The second kappa shape index (κ2) is 12.4. The first kappa shape index (κ1) is 29.5. The SMILES string of the molecule is COc1cccc([C@H]2O[C@H](Cc3ncc(C=CC(=O)O)s3)C(=O)N(CC(C)(C)CO)c3ccc(Cl)cc32)c1OC. The molecule has 0 radical (unpaired) electrons. The molecule has 2 heterocycles. The average Bonchev–Trinajstić information content (AvgIpc) is 3.35. The molecule has 1 aliphatic heterocycles. The van der Waals surface area contributed by atoms with E-state index < -0.39 is 23.6 Å². The number of amides is 1. The second-order valence-corrected chi connectivity index (χ2v) is 11.7. The van der Waals surface area contributed by atoms with Crippen LogP contribution in [0.15, 0.2) is 48.7 Å². The minimum atomic E-state index is -1.06. The summed E-state index contributed by atoms with van der Waals surface area (Å²) in [5.74, 6) is -0.392. The van der Waals surface area contributed by atoms with Gasteiger partial charge in [0.05, 0.1) is 19.2 Å². The molecule has 1 aromatic heterocycles. The Hall–Kier alpha value is -3.44. The van der Waals surface area contributed by atoms with Crippen LogP contribution in [0.4, 0.5) is 5.69 Å². The summed E-state index contributed by atoms with van der Waals surface area (Å²) >= 11 is 7.74. The molecule has 11 heteroatoms. The van der Waals surface area contributed by atoms with Gasteiger partial charge in [-0.1, -0.05) is 37.6 Å². The van der Waals surface area contributed by atoms with Crippen LogP contribution in [-0.4, -0.2) is 60.5 Å². The number of carboxylic acids is 1. The second-order valence-electron chi connectivity index (χ2n) is 10.1. The van der Waals surface area contributed by atoms with Gasteiger partial charge in [0.2, 0.25) is 0 Å². The van der Waals surface area contributed by atoms with Crippen molar-refractivity contribution in [3.8, 4) is 11.5 Å². The number of hydrogen-bond acceptors (Lipinski definition) is 8. The smallest absolute Gasteiger partial charge is 0.328 e. The molecule has 1 amide bonds. The van der Waals surface area contributed by atoms with Crippen molar-refractivity contribution in [3.63, 3.8) is 0 Å². The van der Waals surface area contributed by atoms with E-state index in [2.05, 4.69) is 4.98 Å². The van der Waals surface area contributed by atoms with Crippen molar-refractivity contribution >= 4 is 46.6 Å². The number of para-hydroxylation sites is 1. The van der Waals surface area contributed by atoms with E-state index in [1.54, 1.807) is 42.5 Å². The number of fused-ring (bicyclic) bond motifs is 1. The van der Waals surface area contributed by atoms with E-state index in [-0.39, 0.29) is 25.5 Å². The summed E-state index contributed by atoms with van der Waals surface area (Å²) in [4.78, 5) is 31.8. The van der Waals surface area contributed by atoms with Gasteiger partial charge in [0, 0.05) is 64.0 Å². The lowest BCUT2D eigenvalue weighted by atomic mass is 9.92. The van der Waals surface area contributed by atoms with Gasteiger partial charge < -0.3 is 29.3 Å². The lowest BCUT2D eigenvalue weighted by Gasteiger charge is -2.32. The lowest BCUT2D eigenvalue weighted by molar-refractivity contribution is -0.132. The normalized spacial score (nSPS) is 17.6. The van der Waals surface area contributed by atoms with Gasteiger partial charge in [-0.2, -0.15) is 0 Å². The first-order chi connectivity index (χ1) is 19.1. The Morgan fingerprint density at radius 2 is 2.00 bits per heavy atom. The lowest BCUT2D eigenvalue weighted by Crippen LogP contribution is -2.45. The van der Waals surface area contributed by atoms with Crippen molar-refractivity contribution in [1.29, 1.82) is 0 Å². The van der Waals surface area contributed by atoms with Gasteiger partial charge in [0.1, 0.15) is 12.2 Å². The summed E-state index contributed by atoms with van der Waals surface area (Å²) in [5, 5.41) is 20.1. The summed E-state index contributed by atoms with van der Waals surface area (Å²) in [6.07, 6.45) is 2.46. The van der Waals surface area contributed by atoms with Crippen LogP contribution in [0.3, 0.4) is 0 Å². The van der Waals surface area contributed by atoms with E-state index in [1.807, 2.05) is 26.0 Å². The number of aliphatic hydroxyl groups excluding tert-OH is 1. The predicted octanol–water partition coefficient (Wildman–Crippen LogP) is 4.99. The maximum absolute atomic E-state index is 14.2. The molecule has 1 aliphatic rings. The van der Waals surface area contributed by atoms with Crippen LogP contribution in [0, 0.1) is 5.41 Å². The quantitative estimate of drug-likeness (QED) is 0.319. The largest absolute Gasteiger partial charge is 0.493 e. The molecule has 0 unspecified atom stereocenters. The van der Waals surface area contributed by atoms with Crippen LogP contribution in [0.5, 0.6) is 11.5 Å². The van der Waals surface area contributed by atoms with E-state index in [0.717, 1.165) is 6.08 Å². The van der Waals surface area contributed by atoms with Gasteiger partial charge in [-0.15, -0.1) is 11.3 Å². The molecule has 0 fully saturated rings. The monoisotopic (exact) mass is 586 g/mol. The number of benzene rings is 2. The maximum Gasteiger partial charge on any atom is 0.328 e. The van der Waals surface area contributed by atoms with E-state index in [9.17, 15) is 14.7 Å². The third-order valence-corrected chi connectivity index (χ3v) is 7.68. The summed E-state index contributed by atoms with van der Waals surface area (Å²) in [6.45, 7) is 3.84. The predicted molar refractivity (Wildman–Crippen MR) is 153 cm³/mol. The highest BCUT2D eigenvalue weighted by atomic mass is 35.5. The molecular formula is C29H31ClN2O7S. The Morgan fingerprint density at radius 3 is 2.67 bits per heavy atom. The fourth-order valence-corrected chi connectivity index (χ4v) is 5.55. The zero-order valence-corrected chi connectivity index (χ0v) is 24.2. The third-order valence-electron chi connectivity index (χ3n) is 6.46. The maximum atomic E-state index is 14.2. The minimum Gasteiger partial charge on any atom is -0.493 e. The molecule has 2 atom stereocenters. The molecule has 9 nitrogen and oxygen atoms in total. The van der Waals surface area contributed by atoms with Crippen LogP contribution in [0.25, 0.3) is 6.08 Å². The van der Waals surface area contributed by atoms with Crippen molar-refractivity contribution in [2.24, 2.45) is 5.41 Å². The van der Waals surface area contributed by atoms with Crippen molar-refractivity contribution in [3.05, 3.63) is 74.7 Å². The number of hydrogen-bond donors (Lipinski definition) is 2. The molecule has 2 N–H and O–H groups in total. The van der Waals surface area contributed by atoms with Gasteiger partial charge in [-0.05, 0) is 30.3 Å². The highest BCUT2D eigenvalue weighted by Crippen LogP contribution is 2.45.